The Morgan fingerprint density at radius 3 is 2.67 bits per heavy atom. The molecular formula is C6H14N2O. The minimum atomic E-state index is 0.170. The highest BCUT2D eigenvalue weighted by molar-refractivity contribution is 5.77. The van der Waals surface area contributed by atoms with Gasteiger partial charge in [0.2, 0.25) is 0 Å². The van der Waals surface area contributed by atoms with Crippen LogP contribution in [-0.2, 0) is 4.74 Å². The Morgan fingerprint density at radius 1 is 1.78 bits per heavy atom. The van der Waals surface area contributed by atoms with Crippen molar-refractivity contribution in [2.45, 2.75) is 20.0 Å². The van der Waals surface area contributed by atoms with Crippen LogP contribution in [0.15, 0.2) is 4.99 Å². The molecule has 0 heterocycles. The average molecular weight is 130 g/mol. The van der Waals surface area contributed by atoms with Gasteiger partial charge in [-0.3, -0.25) is 4.99 Å². The fraction of sp³-hybridized carbons (Fsp3) is 0.833. The van der Waals surface area contributed by atoms with Gasteiger partial charge in [0.05, 0.1) is 18.5 Å². The summed E-state index contributed by atoms with van der Waals surface area (Å²) in [6.45, 7) is 4.37. The van der Waals surface area contributed by atoms with E-state index in [1.165, 1.54) is 0 Å². The van der Waals surface area contributed by atoms with Crippen LogP contribution in [0.5, 0.6) is 0 Å². The van der Waals surface area contributed by atoms with Gasteiger partial charge in [0.25, 0.3) is 0 Å². The molecule has 0 saturated carbocycles. The standard InChI is InChI=1S/C6H14N2O/c1-5(9-3)4-8-6(2)7/h5H,4H2,1-3H3,(H2,7,8). The molecule has 0 aromatic rings. The minimum Gasteiger partial charge on any atom is -0.388 e. The Balaban J connectivity index is 3.37. The second kappa shape index (κ2) is 4.32. The Bertz CT molecular complexity index is 97.2. The molecule has 2 N–H and O–H groups in total. The van der Waals surface area contributed by atoms with Crippen LogP contribution >= 0.6 is 0 Å². The first-order chi connectivity index (χ1) is 4.16. The summed E-state index contributed by atoms with van der Waals surface area (Å²) >= 11 is 0. The third-order valence-corrected chi connectivity index (χ3v) is 1.00. The first kappa shape index (κ1) is 8.43. The highest BCUT2D eigenvalue weighted by Crippen LogP contribution is 1.86. The molecule has 0 aliphatic carbocycles. The SMILES string of the molecule is COC(C)CN=C(C)N. The van der Waals surface area contributed by atoms with Crippen LogP contribution in [0.2, 0.25) is 0 Å². The van der Waals surface area contributed by atoms with Gasteiger partial charge in [-0.2, -0.15) is 0 Å². The van der Waals surface area contributed by atoms with Crippen molar-refractivity contribution in [3.8, 4) is 0 Å². The Hall–Kier alpha value is -0.570. The molecule has 0 fully saturated rings. The van der Waals surface area contributed by atoms with Gasteiger partial charge in [-0.1, -0.05) is 0 Å². The minimum absolute atomic E-state index is 0.170. The number of rotatable bonds is 3. The van der Waals surface area contributed by atoms with E-state index in [9.17, 15) is 0 Å². The maximum Gasteiger partial charge on any atom is 0.0906 e. The van der Waals surface area contributed by atoms with Crippen molar-refractivity contribution in [1.29, 1.82) is 0 Å². The lowest BCUT2D eigenvalue weighted by Crippen LogP contribution is -2.13. The van der Waals surface area contributed by atoms with Crippen molar-refractivity contribution in [2.24, 2.45) is 10.7 Å². The molecular weight excluding hydrogens is 116 g/mol. The predicted octanol–water partition coefficient (Wildman–Crippen LogP) is 0.398. The summed E-state index contributed by atoms with van der Waals surface area (Å²) in [5.41, 5.74) is 5.29. The number of aliphatic imine (C=N–C) groups is 1. The van der Waals surface area contributed by atoms with E-state index in [0.29, 0.717) is 12.4 Å². The van der Waals surface area contributed by atoms with Gasteiger partial charge in [0, 0.05) is 7.11 Å². The van der Waals surface area contributed by atoms with Gasteiger partial charge >= 0.3 is 0 Å². The van der Waals surface area contributed by atoms with Crippen molar-refractivity contribution < 1.29 is 4.74 Å². The van der Waals surface area contributed by atoms with Crippen LogP contribution in [0.25, 0.3) is 0 Å². The number of ether oxygens (including phenoxy) is 1. The molecule has 3 heteroatoms. The number of hydrogen-bond donors (Lipinski definition) is 1. The smallest absolute Gasteiger partial charge is 0.0906 e. The lowest BCUT2D eigenvalue weighted by molar-refractivity contribution is 0.125. The van der Waals surface area contributed by atoms with Crippen molar-refractivity contribution >= 4 is 5.84 Å². The highest BCUT2D eigenvalue weighted by atomic mass is 16.5. The molecule has 0 aliphatic heterocycles. The third kappa shape index (κ3) is 5.30. The summed E-state index contributed by atoms with van der Waals surface area (Å²) in [5, 5.41) is 0. The molecule has 0 radical (unpaired) electrons. The topological polar surface area (TPSA) is 47.6 Å². The first-order valence-corrected chi connectivity index (χ1v) is 2.96. The average Bonchev–Trinajstić information content (AvgIpc) is 1.83. The molecule has 54 valence electrons. The molecule has 3 nitrogen and oxygen atoms in total. The van der Waals surface area contributed by atoms with Gasteiger partial charge in [-0.25, -0.2) is 0 Å². The van der Waals surface area contributed by atoms with Crippen LogP contribution in [0, 0.1) is 0 Å². The van der Waals surface area contributed by atoms with Crippen LogP contribution < -0.4 is 5.73 Å². The Morgan fingerprint density at radius 2 is 2.33 bits per heavy atom. The van der Waals surface area contributed by atoms with E-state index >= 15 is 0 Å². The Kier molecular flexibility index (Phi) is 4.05. The molecule has 0 spiro atoms. The van der Waals surface area contributed by atoms with Gasteiger partial charge in [0.15, 0.2) is 0 Å². The number of amidine groups is 1. The third-order valence-electron chi connectivity index (χ3n) is 1.00. The molecule has 0 bridgehead atoms. The van der Waals surface area contributed by atoms with Crippen molar-refractivity contribution in [3.63, 3.8) is 0 Å². The highest BCUT2D eigenvalue weighted by Gasteiger charge is 1.94. The largest absolute Gasteiger partial charge is 0.388 e. The second-order valence-corrected chi connectivity index (χ2v) is 2.03. The summed E-state index contributed by atoms with van der Waals surface area (Å²) in [7, 11) is 1.66. The quantitative estimate of drug-likeness (QED) is 0.444. The van der Waals surface area contributed by atoms with Gasteiger partial charge in [0.1, 0.15) is 0 Å². The number of hydrogen-bond acceptors (Lipinski definition) is 2. The number of methoxy groups -OCH3 is 1. The fourth-order valence-electron chi connectivity index (χ4n) is 0.347. The van der Waals surface area contributed by atoms with Gasteiger partial charge < -0.3 is 10.5 Å². The van der Waals surface area contributed by atoms with E-state index in [0.717, 1.165) is 0 Å². The molecule has 9 heavy (non-hydrogen) atoms. The maximum atomic E-state index is 5.29. The molecule has 0 saturated heterocycles. The number of nitrogens with two attached hydrogens (primary N) is 1. The van der Waals surface area contributed by atoms with Gasteiger partial charge in [-0.05, 0) is 13.8 Å². The number of nitrogens with zero attached hydrogens (tertiary/aromatic N) is 1. The fourth-order valence-corrected chi connectivity index (χ4v) is 0.347. The zero-order valence-electron chi connectivity index (χ0n) is 6.22. The summed E-state index contributed by atoms with van der Waals surface area (Å²) in [6.07, 6.45) is 0.170. The van der Waals surface area contributed by atoms with E-state index in [1.807, 2.05) is 6.92 Å². The van der Waals surface area contributed by atoms with E-state index in [4.69, 9.17) is 10.5 Å². The van der Waals surface area contributed by atoms with Crippen LogP contribution in [0.1, 0.15) is 13.8 Å². The van der Waals surface area contributed by atoms with Crippen molar-refractivity contribution in [1.82, 2.24) is 0 Å². The molecule has 0 aromatic heterocycles. The van der Waals surface area contributed by atoms with Gasteiger partial charge in [-0.15, -0.1) is 0 Å². The summed E-state index contributed by atoms with van der Waals surface area (Å²) in [6, 6.07) is 0. The van der Waals surface area contributed by atoms with Crippen molar-refractivity contribution in [2.75, 3.05) is 13.7 Å². The zero-order chi connectivity index (χ0) is 7.28. The molecule has 1 unspecified atom stereocenters. The van der Waals surface area contributed by atoms with E-state index in [-0.39, 0.29) is 6.10 Å². The van der Waals surface area contributed by atoms with E-state index in [1.54, 1.807) is 14.0 Å². The van der Waals surface area contributed by atoms with E-state index in [2.05, 4.69) is 4.99 Å². The lowest BCUT2D eigenvalue weighted by atomic mass is 10.4. The zero-order valence-corrected chi connectivity index (χ0v) is 6.22. The molecule has 1 atom stereocenters. The predicted molar refractivity (Wildman–Crippen MR) is 38.6 cm³/mol. The molecule has 0 amide bonds. The second-order valence-electron chi connectivity index (χ2n) is 2.03. The molecule has 0 rings (SSSR count). The van der Waals surface area contributed by atoms with E-state index < -0.39 is 0 Å². The Labute approximate surface area is 55.9 Å². The normalized spacial score (nSPS) is 15.7. The molecule has 0 aromatic carbocycles. The lowest BCUT2D eigenvalue weighted by Gasteiger charge is -2.03. The van der Waals surface area contributed by atoms with Crippen LogP contribution in [0.4, 0.5) is 0 Å². The summed E-state index contributed by atoms with van der Waals surface area (Å²) < 4.78 is 4.94. The van der Waals surface area contributed by atoms with Crippen molar-refractivity contribution in [3.05, 3.63) is 0 Å². The van der Waals surface area contributed by atoms with Crippen LogP contribution in [-0.4, -0.2) is 25.6 Å². The summed E-state index contributed by atoms with van der Waals surface area (Å²) in [4.78, 5) is 3.96. The maximum absolute atomic E-state index is 5.29. The monoisotopic (exact) mass is 130 g/mol. The van der Waals surface area contributed by atoms with Crippen LogP contribution in [0.3, 0.4) is 0 Å². The summed E-state index contributed by atoms with van der Waals surface area (Å²) in [5.74, 6) is 0.610. The first-order valence-electron chi connectivity index (χ1n) is 2.96. The molecule has 0 aliphatic rings.